The number of para-hydroxylation sites is 1. The highest BCUT2D eigenvalue weighted by molar-refractivity contribution is 5.91. The van der Waals surface area contributed by atoms with Crippen LogP contribution in [-0.4, -0.2) is 15.0 Å². The summed E-state index contributed by atoms with van der Waals surface area (Å²) < 4.78 is 0. The van der Waals surface area contributed by atoms with Crippen LogP contribution in [0.5, 0.6) is 0 Å². The van der Waals surface area contributed by atoms with Crippen molar-refractivity contribution in [3.05, 3.63) is 77.7 Å². The molecule has 5 nitrogen and oxygen atoms in total. The van der Waals surface area contributed by atoms with Crippen molar-refractivity contribution < 1.29 is 0 Å². The number of hydrogen-bond acceptors (Lipinski definition) is 5. The summed E-state index contributed by atoms with van der Waals surface area (Å²) in [6, 6.07) is 18.2. The Balaban J connectivity index is 1.65. The zero-order chi connectivity index (χ0) is 18.8. The monoisotopic (exact) mass is 355 g/mol. The predicted octanol–water partition coefficient (Wildman–Crippen LogP) is 5.44. The summed E-state index contributed by atoms with van der Waals surface area (Å²) in [5.74, 6) is 2.17. The van der Waals surface area contributed by atoms with Crippen molar-refractivity contribution in [2.75, 3.05) is 10.6 Å². The van der Waals surface area contributed by atoms with Gasteiger partial charge in [0.25, 0.3) is 0 Å². The summed E-state index contributed by atoms with van der Waals surface area (Å²) in [4.78, 5) is 13.5. The SMILES string of the molecule is Cc1nc(Nc2ccc(C)c(C)c2)cc(Nc2cccc3cccnc23)n1. The van der Waals surface area contributed by atoms with Crippen LogP contribution in [0, 0.1) is 20.8 Å². The maximum absolute atomic E-state index is 4.52. The normalized spacial score (nSPS) is 10.8. The van der Waals surface area contributed by atoms with Crippen LogP contribution >= 0.6 is 0 Å². The maximum atomic E-state index is 4.52. The highest BCUT2D eigenvalue weighted by Crippen LogP contribution is 2.26. The summed E-state index contributed by atoms with van der Waals surface area (Å²) >= 11 is 0. The minimum absolute atomic E-state index is 0.694. The van der Waals surface area contributed by atoms with Gasteiger partial charge in [0.05, 0.1) is 11.2 Å². The smallest absolute Gasteiger partial charge is 0.136 e. The molecule has 134 valence electrons. The average molecular weight is 355 g/mol. The van der Waals surface area contributed by atoms with Gasteiger partial charge in [-0.15, -0.1) is 0 Å². The van der Waals surface area contributed by atoms with E-state index in [9.17, 15) is 0 Å². The molecule has 0 aliphatic carbocycles. The van der Waals surface area contributed by atoms with Crippen LogP contribution in [0.15, 0.2) is 60.8 Å². The van der Waals surface area contributed by atoms with Gasteiger partial charge in [-0.1, -0.05) is 24.3 Å². The number of pyridine rings is 1. The van der Waals surface area contributed by atoms with Gasteiger partial charge in [-0.25, -0.2) is 9.97 Å². The summed E-state index contributed by atoms with van der Waals surface area (Å²) in [6.07, 6.45) is 1.80. The Morgan fingerprint density at radius 3 is 2.33 bits per heavy atom. The molecule has 0 fully saturated rings. The fourth-order valence-corrected chi connectivity index (χ4v) is 3.01. The topological polar surface area (TPSA) is 62.7 Å². The van der Waals surface area contributed by atoms with Gasteiger partial charge in [0.2, 0.25) is 0 Å². The largest absolute Gasteiger partial charge is 0.340 e. The molecule has 0 aliphatic heterocycles. The van der Waals surface area contributed by atoms with Gasteiger partial charge >= 0.3 is 0 Å². The number of anilines is 4. The van der Waals surface area contributed by atoms with E-state index in [0.29, 0.717) is 5.82 Å². The third kappa shape index (κ3) is 3.72. The van der Waals surface area contributed by atoms with E-state index >= 15 is 0 Å². The number of hydrogen-bond donors (Lipinski definition) is 2. The van der Waals surface area contributed by atoms with Gasteiger partial charge in [-0.3, -0.25) is 4.98 Å². The van der Waals surface area contributed by atoms with E-state index in [1.807, 2.05) is 43.3 Å². The Morgan fingerprint density at radius 1 is 0.741 bits per heavy atom. The summed E-state index contributed by atoms with van der Waals surface area (Å²) in [5, 5.41) is 7.84. The van der Waals surface area contributed by atoms with Gasteiger partial charge in [0.1, 0.15) is 17.5 Å². The second kappa shape index (κ2) is 7.03. The van der Waals surface area contributed by atoms with Crippen molar-refractivity contribution >= 4 is 33.9 Å². The maximum Gasteiger partial charge on any atom is 0.136 e. The number of nitrogens with zero attached hydrogens (tertiary/aromatic N) is 3. The lowest BCUT2D eigenvalue weighted by molar-refractivity contribution is 1.06. The Morgan fingerprint density at radius 2 is 1.52 bits per heavy atom. The number of aryl methyl sites for hydroxylation is 3. The first-order chi connectivity index (χ1) is 13.1. The zero-order valence-corrected chi connectivity index (χ0v) is 15.6. The Hall–Kier alpha value is -3.47. The van der Waals surface area contributed by atoms with Gasteiger partial charge < -0.3 is 10.6 Å². The van der Waals surface area contributed by atoms with Crippen molar-refractivity contribution in [2.45, 2.75) is 20.8 Å². The highest BCUT2D eigenvalue weighted by atomic mass is 15.1. The molecule has 0 radical (unpaired) electrons. The molecular formula is C22H21N5. The van der Waals surface area contributed by atoms with Crippen LogP contribution in [0.3, 0.4) is 0 Å². The van der Waals surface area contributed by atoms with Crippen LogP contribution in [0.4, 0.5) is 23.0 Å². The van der Waals surface area contributed by atoms with Crippen LogP contribution in [-0.2, 0) is 0 Å². The summed E-state index contributed by atoms with van der Waals surface area (Å²) in [6.45, 7) is 6.10. The van der Waals surface area contributed by atoms with Gasteiger partial charge in [0, 0.05) is 23.3 Å². The number of benzene rings is 2. The van der Waals surface area contributed by atoms with E-state index in [2.05, 4.69) is 57.6 Å². The molecule has 2 N–H and O–H groups in total. The molecule has 0 unspecified atom stereocenters. The predicted molar refractivity (Wildman–Crippen MR) is 111 cm³/mol. The van der Waals surface area contributed by atoms with Crippen LogP contribution in [0.25, 0.3) is 10.9 Å². The third-order valence-corrected chi connectivity index (χ3v) is 4.51. The lowest BCUT2D eigenvalue weighted by Crippen LogP contribution is -2.02. The Kier molecular flexibility index (Phi) is 4.42. The summed E-state index contributed by atoms with van der Waals surface area (Å²) in [5.41, 5.74) is 5.36. The molecule has 0 saturated heterocycles. The molecule has 0 spiro atoms. The van der Waals surface area contributed by atoms with Crippen LogP contribution < -0.4 is 10.6 Å². The molecule has 0 atom stereocenters. The highest BCUT2D eigenvalue weighted by Gasteiger charge is 2.07. The van der Waals surface area contributed by atoms with Crippen LogP contribution in [0.1, 0.15) is 17.0 Å². The van der Waals surface area contributed by atoms with Gasteiger partial charge in [-0.05, 0) is 56.2 Å². The van der Waals surface area contributed by atoms with Gasteiger partial charge in [0.15, 0.2) is 0 Å². The van der Waals surface area contributed by atoms with Crippen molar-refractivity contribution in [1.29, 1.82) is 0 Å². The first kappa shape index (κ1) is 17.0. The van der Waals surface area contributed by atoms with Crippen LogP contribution in [0.2, 0.25) is 0 Å². The fourth-order valence-electron chi connectivity index (χ4n) is 3.01. The van der Waals surface area contributed by atoms with E-state index in [4.69, 9.17) is 0 Å². The van der Waals surface area contributed by atoms with Crippen molar-refractivity contribution in [1.82, 2.24) is 15.0 Å². The molecule has 0 amide bonds. The molecule has 2 aromatic carbocycles. The van der Waals surface area contributed by atoms with Gasteiger partial charge in [-0.2, -0.15) is 0 Å². The molecule has 2 aromatic heterocycles. The molecular weight excluding hydrogens is 334 g/mol. The van der Waals surface area contributed by atoms with E-state index in [1.165, 1.54) is 11.1 Å². The lowest BCUT2D eigenvalue weighted by atomic mass is 10.1. The minimum Gasteiger partial charge on any atom is -0.340 e. The number of aromatic nitrogens is 3. The van der Waals surface area contributed by atoms with Crippen molar-refractivity contribution in [2.24, 2.45) is 0 Å². The molecule has 2 heterocycles. The molecule has 4 aromatic rings. The minimum atomic E-state index is 0.694. The van der Waals surface area contributed by atoms with E-state index < -0.39 is 0 Å². The number of fused-ring (bicyclic) bond motifs is 1. The molecule has 5 heteroatoms. The molecule has 0 saturated carbocycles. The first-order valence-corrected chi connectivity index (χ1v) is 8.89. The fraction of sp³-hybridized carbons (Fsp3) is 0.136. The van der Waals surface area contributed by atoms with E-state index in [0.717, 1.165) is 33.9 Å². The van der Waals surface area contributed by atoms with E-state index in [1.54, 1.807) is 6.20 Å². The second-order valence-electron chi connectivity index (χ2n) is 6.62. The quantitative estimate of drug-likeness (QED) is 0.510. The Bertz CT molecular complexity index is 1120. The standard InChI is InChI=1S/C22H21N5/c1-14-9-10-18(12-15(14)2)26-20-13-21(25-16(3)24-20)27-19-8-4-6-17-7-5-11-23-22(17)19/h4-13H,1-3H3,(H2,24,25,26,27). The molecule has 0 aliphatic rings. The Labute approximate surface area is 158 Å². The van der Waals surface area contributed by atoms with Crippen molar-refractivity contribution in [3.63, 3.8) is 0 Å². The molecule has 27 heavy (non-hydrogen) atoms. The number of rotatable bonds is 4. The molecule has 0 bridgehead atoms. The summed E-state index contributed by atoms with van der Waals surface area (Å²) in [7, 11) is 0. The number of nitrogens with one attached hydrogen (secondary N) is 2. The average Bonchev–Trinajstić information content (AvgIpc) is 2.65. The third-order valence-electron chi connectivity index (χ3n) is 4.51. The lowest BCUT2D eigenvalue weighted by Gasteiger charge is -2.12. The second-order valence-corrected chi connectivity index (χ2v) is 6.62. The first-order valence-electron chi connectivity index (χ1n) is 8.89. The van der Waals surface area contributed by atoms with E-state index in [-0.39, 0.29) is 0 Å². The molecule has 4 rings (SSSR count). The van der Waals surface area contributed by atoms with Crippen molar-refractivity contribution in [3.8, 4) is 0 Å². The zero-order valence-electron chi connectivity index (χ0n) is 15.6.